The van der Waals surface area contributed by atoms with Crippen LogP contribution in [0.2, 0.25) is 0 Å². The molecule has 0 heterocycles. The molecule has 2 N–H and O–H groups in total. The van der Waals surface area contributed by atoms with Crippen LogP contribution in [0, 0.1) is 10.8 Å². The van der Waals surface area contributed by atoms with Gasteiger partial charge in [-0.15, -0.1) is 0 Å². The first-order chi connectivity index (χ1) is 20.5. The van der Waals surface area contributed by atoms with Gasteiger partial charge in [-0.05, 0) is 17.3 Å². The minimum atomic E-state index is 0.00551. The molecule has 0 rings (SSSR count). The summed E-state index contributed by atoms with van der Waals surface area (Å²) in [6.45, 7) is 21.5. The third kappa shape index (κ3) is 36.7. The van der Waals surface area contributed by atoms with Gasteiger partial charge in [0.25, 0.3) is 0 Å². The predicted octanol–water partition coefficient (Wildman–Crippen LogP) is 2.61. The van der Waals surface area contributed by atoms with Crippen molar-refractivity contribution in [2.24, 2.45) is 10.8 Å². The van der Waals surface area contributed by atoms with Crippen LogP contribution in [0.4, 0.5) is 0 Å². The van der Waals surface area contributed by atoms with Crippen LogP contribution < -0.4 is 10.6 Å². The van der Waals surface area contributed by atoms with Crippen LogP contribution in [0.15, 0.2) is 0 Å². The molecule has 0 aliphatic heterocycles. The third-order valence-electron chi connectivity index (χ3n) is 5.56. The maximum atomic E-state index is 11.7. The summed E-state index contributed by atoms with van der Waals surface area (Å²) in [5.41, 5.74) is 0.244. The topological polar surface area (TPSA) is 132 Å². The highest BCUT2D eigenvalue weighted by molar-refractivity contribution is 5.76. The standard InChI is InChI=1S/C31H62N2O10/c1-30(2,3)9-7-28(34)32-10-12-37-14-16-39-18-20-41-22-24-43-26-25-42-23-21-40-19-17-38-15-13-36-11-8-29(35)33-27-31(4,5)6/h7-27H2,1-6H3,(H,32,34)(H,33,35). The Hall–Kier alpha value is -1.38. The van der Waals surface area contributed by atoms with Crippen molar-refractivity contribution < 1.29 is 47.5 Å². The molecule has 0 saturated carbocycles. The van der Waals surface area contributed by atoms with E-state index < -0.39 is 0 Å². The van der Waals surface area contributed by atoms with E-state index in [0.29, 0.717) is 132 Å². The van der Waals surface area contributed by atoms with Gasteiger partial charge in [-0.2, -0.15) is 0 Å². The van der Waals surface area contributed by atoms with E-state index in [0.717, 1.165) is 6.42 Å². The smallest absolute Gasteiger partial charge is 0.222 e. The van der Waals surface area contributed by atoms with Crippen LogP contribution in [-0.2, 0) is 47.5 Å². The van der Waals surface area contributed by atoms with E-state index in [9.17, 15) is 9.59 Å². The van der Waals surface area contributed by atoms with Gasteiger partial charge in [-0.25, -0.2) is 0 Å². The first kappa shape index (κ1) is 41.6. The van der Waals surface area contributed by atoms with Crippen LogP contribution in [0.1, 0.15) is 60.8 Å². The fourth-order valence-corrected chi connectivity index (χ4v) is 3.10. The van der Waals surface area contributed by atoms with Crippen molar-refractivity contribution in [3.63, 3.8) is 0 Å². The summed E-state index contributed by atoms with van der Waals surface area (Å²) in [5, 5.41) is 5.76. The lowest BCUT2D eigenvalue weighted by atomic mass is 9.90. The lowest BCUT2D eigenvalue weighted by Gasteiger charge is -2.18. The van der Waals surface area contributed by atoms with E-state index in [4.69, 9.17) is 37.9 Å². The molecule has 0 aromatic rings. The molecule has 2 amide bonds. The van der Waals surface area contributed by atoms with E-state index in [1.165, 1.54) is 0 Å². The molecule has 0 saturated heterocycles. The van der Waals surface area contributed by atoms with Crippen molar-refractivity contribution in [3.8, 4) is 0 Å². The highest BCUT2D eigenvalue weighted by Gasteiger charge is 2.13. The van der Waals surface area contributed by atoms with Crippen LogP contribution >= 0.6 is 0 Å². The Bertz CT molecular complexity index is 599. The molecule has 0 aliphatic carbocycles. The minimum Gasteiger partial charge on any atom is -0.379 e. The number of ether oxygens (including phenoxy) is 8. The van der Waals surface area contributed by atoms with Crippen molar-refractivity contribution in [1.82, 2.24) is 10.6 Å². The summed E-state index contributed by atoms with van der Waals surface area (Å²) < 4.78 is 43.6. The largest absolute Gasteiger partial charge is 0.379 e. The predicted molar refractivity (Wildman–Crippen MR) is 165 cm³/mol. The lowest BCUT2D eigenvalue weighted by Crippen LogP contribution is -2.32. The van der Waals surface area contributed by atoms with Crippen molar-refractivity contribution in [1.29, 1.82) is 0 Å². The van der Waals surface area contributed by atoms with Gasteiger partial charge in [0.05, 0.1) is 106 Å². The number of carbonyl (C=O) groups excluding carboxylic acids is 2. The van der Waals surface area contributed by atoms with Crippen molar-refractivity contribution >= 4 is 11.8 Å². The number of nitrogens with one attached hydrogen (secondary N) is 2. The third-order valence-corrected chi connectivity index (χ3v) is 5.56. The van der Waals surface area contributed by atoms with Crippen molar-refractivity contribution in [2.75, 3.05) is 119 Å². The zero-order valence-corrected chi connectivity index (χ0v) is 27.9. The van der Waals surface area contributed by atoms with E-state index >= 15 is 0 Å². The minimum absolute atomic E-state index is 0.00551. The Balaban J connectivity index is 3.17. The molecule has 12 nitrogen and oxygen atoms in total. The van der Waals surface area contributed by atoms with Gasteiger partial charge in [-0.3, -0.25) is 9.59 Å². The van der Waals surface area contributed by atoms with Crippen molar-refractivity contribution in [2.45, 2.75) is 60.8 Å². The molecule has 0 spiro atoms. The fourth-order valence-electron chi connectivity index (χ4n) is 3.10. The average Bonchev–Trinajstić information content (AvgIpc) is 2.93. The quantitative estimate of drug-likeness (QED) is 0.115. The average molecular weight is 623 g/mol. The molecule has 256 valence electrons. The first-order valence-electron chi connectivity index (χ1n) is 15.6. The second-order valence-electron chi connectivity index (χ2n) is 12.4. The Morgan fingerprint density at radius 2 is 0.744 bits per heavy atom. The summed E-state index contributed by atoms with van der Waals surface area (Å²) in [7, 11) is 0. The number of hydrogen-bond acceptors (Lipinski definition) is 10. The van der Waals surface area contributed by atoms with Gasteiger partial charge in [0, 0.05) is 25.9 Å². The number of hydrogen-bond donors (Lipinski definition) is 2. The zero-order valence-electron chi connectivity index (χ0n) is 27.9. The molecule has 12 heteroatoms. The summed E-state index contributed by atoms with van der Waals surface area (Å²) >= 11 is 0. The van der Waals surface area contributed by atoms with Crippen LogP contribution in [0.25, 0.3) is 0 Å². The lowest BCUT2D eigenvalue weighted by molar-refractivity contribution is -0.123. The molecule has 0 atom stereocenters. The molecule has 0 aromatic heterocycles. The van der Waals surface area contributed by atoms with Gasteiger partial charge in [0.2, 0.25) is 11.8 Å². The molecule has 0 bridgehead atoms. The number of rotatable bonds is 30. The molecular formula is C31H62N2O10. The molecule has 0 radical (unpaired) electrons. The molecule has 43 heavy (non-hydrogen) atoms. The van der Waals surface area contributed by atoms with Crippen LogP contribution in [0.3, 0.4) is 0 Å². The first-order valence-corrected chi connectivity index (χ1v) is 15.6. The highest BCUT2D eigenvalue weighted by atomic mass is 16.6. The Morgan fingerprint density at radius 3 is 1.09 bits per heavy atom. The van der Waals surface area contributed by atoms with E-state index in [1.54, 1.807) is 0 Å². The SMILES string of the molecule is CC(C)(C)CCC(=O)NCCOCCOCCOCCOCCOCCOCCOCCOCCC(=O)NCC(C)(C)C. The summed E-state index contributed by atoms with van der Waals surface area (Å²) in [6.07, 6.45) is 1.77. The van der Waals surface area contributed by atoms with Gasteiger partial charge >= 0.3 is 0 Å². The van der Waals surface area contributed by atoms with Crippen LogP contribution in [0.5, 0.6) is 0 Å². The van der Waals surface area contributed by atoms with E-state index in [1.807, 2.05) is 0 Å². The molecule has 0 aliphatic rings. The summed E-state index contributed by atoms with van der Waals surface area (Å²) in [5.74, 6) is 0.0729. The fraction of sp³-hybridized carbons (Fsp3) is 0.935. The van der Waals surface area contributed by atoms with Gasteiger partial charge in [0.1, 0.15) is 0 Å². The highest BCUT2D eigenvalue weighted by Crippen LogP contribution is 2.20. The molecule has 0 unspecified atom stereocenters. The second kappa shape index (κ2) is 28.1. The number of carbonyl (C=O) groups is 2. The molecule has 0 fully saturated rings. The van der Waals surface area contributed by atoms with Gasteiger partial charge in [-0.1, -0.05) is 41.5 Å². The van der Waals surface area contributed by atoms with Crippen LogP contribution in [-0.4, -0.2) is 131 Å². The monoisotopic (exact) mass is 622 g/mol. The van der Waals surface area contributed by atoms with Crippen molar-refractivity contribution in [3.05, 3.63) is 0 Å². The maximum Gasteiger partial charge on any atom is 0.222 e. The maximum absolute atomic E-state index is 11.7. The number of amides is 2. The summed E-state index contributed by atoms with van der Waals surface area (Å²) in [6, 6.07) is 0. The van der Waals surface area contributed by atoms with Gasteiger partial charge < -0.3 is 48.5 Å². The van der Waals surface area contributed by atoms with Gasteiger partial charge in [0.15, 0.2) is 0 Å². The summed E-state index contributed by atoms with van der Waals surface area (Å²) in [4.78, 5) is 23.4. The molecule has 0 aromatic carbocycles. The molecular weight excluding hydrogens is 560 g/mol. The van der Waals surface area contributed by atoms with E-state index in [-0.39, 0.29) is 22.6 Å². The Labute approximate surface area is 260 Å². The van der Waals surface area contributed by atoms with E-state index in [2.05, 4.69) is 52.2 Å². The zero-order chi connectivity index (χ0) is 32.1. The normalized spacial score (nSPS) is 12.0. The second-order valence-corrected chi connectivity index (χ2v) is 12.4. The Morgan fingerprint density at radius 1 is 0.419 bits per heavy atom. The Kier molecular flexibility index (Phi) is 27.2.